The van der Waals surface area contributed by atoms with Crippen LogP contribution in [0.15, 0.2) is 0 Å². The van der Waals surface area contributed by atoms with Crippen molar-refractivity contribution in [3.05, 3.63) is 0 Å². The molecule has 1 saturated heterocycles. The van der Waals surface area contributed by atoms with Crippen LogP contribution in [-0.2, 0) is 9.53 Å². The van der Waals surface area contributed by atoms with Crippen molar-refractivity contribution in [2.45, 2.75) is 63.7 Å². The number of hydrogen-bond acceptors (Lipinski definition) is 3. The molecule has 1 saturated carbocycles. The molecule has 2 aliphatic rings. The SMILES string of the molecule is CC1CCC(NC(=O)[C@@H]2CC[C@H](CN)O2)CC1. The summed E-state index contributed by atoms with van der Waals surface area (Å²) in [6.07, 6.45) is 6.22. The smallest absolute Gasteiger partial charge is 0.249 e. The number of ether oxygens (including phenoxy) is 1. The minimum atomic E-state index is -0.261. The third kappa shape index (κ3) is 3.42. The first-order chi connectivity index (χ1) is 8.19. The van der Waals surface area contributed by atoms with Gasteiger partial charge in [-0.3, -0.25) is 4.79 Å². The first-order valence-electron chi connectivity index (χ1n) is 6.85. The van der Waals surface area contributed by atoms with Gasteiger partial charge < -0.3 is 15.8 Å². The van der Waals surface area contributed by atoms with Crippen molar-refractivity contribution in [2.24, 2.45) is 11.7 Å². The molecule has 2 atom stereocenters. The molecule has 4 nitrogen and oxygen atoms in total. The van der Waals surface area contributed by atoms with Crippen LogP contribution < -0.4 is 11.1 Å². The minimum absolute atomic E-state index is 0.0699. The quantitative estimate of drug-likeness (QED) is 0.779. The molecule has 1 amide bonds. The predicted octanol–water partition coefficient (Wildman–Crippen LogP) is 1.19. The van der Waals surface area contributed by atoms with Crippen molar-refractivity contribution in [3.63, 3.8) is 0 Å². The normalized spacial score (nSPS) is 38.0. The van der Waals surface area contributed by atoms with Gasteiger partial charge in [0, 0.05) is 12.6 Å². The maximum absolute atomic E-state index is 12.0. The summed E-state index contributed by atoms with van der Waals surface area (Å²) in [6.45, 7) is 2.80. The van der Waals surface area contributed by atoms with Crippen molar-refractivity contribution in [1.29, 1.82) is 0 Å². The Balaban J connectivity index is 1.74. The van der Waals surface area contributed by atoms with Gasteiger partial charge in [0.1, 0.15) is 6.10 Å². The van der Waals surface area contributed by atoms with E-state index in [1.54, 1.807) is 0 Å². The minimum Gasteiger partial charge on any atom is -0.364 e. The molecule has 0 spiro atoms. The van der Waals surface area contributed by atoms with E-state index in [-0.39, 0.29) is 18.1 Å². The molecule has 3 N–H and O–H groups in total. The maximum atomic E-state index is 12.0. The van der Waals surface area contributed by atoms with Gasteiger partial charge in [-0.05, 0) is 44.4 Å². The van der Waals surface area contributed by atoms with E-state index in [1.807, 2.05) is 0 Å². The van der Waals surface area contributed by atoms with Crippen molar-refractivity contribution in [1.82, 2.24) is 5.32 Å². The zero-order chi connectivity index (χ0) is 12.3. The highest BCUT2D eigenvalue weighted by Crippen LogP contribution is 2.24. The van der Waals surface area contributed by atoms with Gasteiger partial charge in [0.05, 0.1) is 6.10 Å². The first-order valence-corrected chi connectivity index (χ1v) is 6.85. The first kappa shape index (κ1) is 12.8. The molecule has 17 heavy (non-hydrogen) atoms. The van der Waals surface area contributed by atoms with Gasteiger partial charge in [-0.25, -0.2) is 0 Å². The van der Waals surface area contributed by atoms with E-state index < -0.39 is 0 Å². The standard InChI is InChI=1S/C13H24N2O2/c1-9-2-4-10(5-3-9)15-13(16)12-7-6-11(8-14)17-12/h9-12H,2-8,14H2,1H3,(H,15,16)/t9?,10?,11-,12+/m1/s1. The monoisotopic (exact) mass is 240 g/mol. The molecular formula is C13H24N2O2. The maximum Gasteiger partial charge on any atom is 0.249 e. The van der Waals surface area contributed by atoms with Crippen LogP contribution in [0.25, 0.3) is 0 Å². The zero-order valence-electron chi connectivity index (χ0n) is 10.7. The number of amides is 1. The molecule has 2 fully saturated rings. The molecule has 1 heterocycles. The molecule has 2 rings (SSSR count). The molecule has 0 bridgehead atoms. The molecule has 0 aromatic rings. The van der Waals surface area contributed by atoms with Gasteiger partial charge in [0.15, 0.2) is 0 Å². The Morgan fingerprint density at radius 2 is 1.94 bits per heavy atom. The van der Waals surface area contributed by atoms with Crippen LogP contribution >= 0.6 is 0 Å². The van der Waals surface area contributed by atoms with Gasteiger partial charge in [0.25, 0.3) is 0 Å². The summed E-state index contributed by atoms with van der Waals surface area (Å²) in [5.41, 5.74) is 5.54. The highest BCUT2D eigenvalue weighted by atomic mass is 16.5. The van der Waals surface area contributed by atoms with Gasteiger partial charge in [-0.2, -0.15) is 0 Å². The fourth-order valence-electron chi connectivity index (χ4n) is 2.77. The van der Waals surface area contributed by atoms with Gasteiger partial charge in [-0.1, -0.05) is 6.92 Å². The molecule has 1 aliphatic carbocycles. The predicted molar refractivity (Wildman–Crippen MR) is 66.5 cm³/mol. The Hall–Kier alpha value is -0.610. The lowest BCUT2D eigenvalue weighted by Gasteiger charge is -2.27. The van der Waals surface area contributed by atoms with Crippen LogP contribution in [0.1, 0.15) is 45.4 Å². The van der Waals surface area contributed by atoms with E-state index in [4.69, 9.17) is 10.5 Å². The summed E-state index contributed by atoms with van der Waals surface area (Å²) in [5.74, 6) is 0.882. The highest BCUT2D eigenvalue weighted by Gasteiger charge is 2.31. The molecule has 98 valence electrons. The molecule has 0 aromatic heterocycles. The van der Waals surface area contributed by atoms with E-state index in [1.165, 1.54) is 12.8 Å². The third-order valence-corrected chi connectivity index (χ3v) is 4.03. The molecule has 1 aliphatic heterocycles. The van der Waals surface area contributed by atoms with Crippen molar-refractivity contribution in [3.8, 4) is 0 Å². The average molecular weight is 240 g/mol. The fourth-order valence-corrected chi connectivity index (χ4v) is 2.77. The van der Waals surface area contributed by atoms with Crippen molar-refractivity contribution < 1.29 is 9.53 Å². The molecule has 4 heteroatoms. The second-order valence-electron chi connectivity index (χ2n) is 5.53. The summed E-state index contributed by atoms with van der Waals surface area (Å²) >= 11 is 0. The number of carbonyl (C=O) groups excluding carboxylic acids is 1. The average Bonchev–Trinajstić information content (AvgIpc) is 2.81. The lowest BCUT2D eigenvalue weighted by atomic mass is 9.87. The lowest BCUT2D eigenvalue weighted by molar-refractivity contribution is -0.132. The van der Waals surface area contributed by atoms with E-state index >= 15 is 0 Å². The molecule has 0 unspecified atom stereocenters. The van der Waals surface area contributed by atoms with Crippen LogP contribution in [0.4, 0.5) is 0 Å². The number of nitrogens with two attached hydrogens (primary N) is 1. The third-order valence-electron chi connectivity index (χ3n) is 4.03. The van der Waals surface area contributed by atoms with Crippen LogP contribution in [-0.4, -0.2) is 30.7 Å². The summed E-state index contributed by atoms with van der Waals surface area (Å²) < 4.78 is 5.60. The van der Waals surface area contributed by atoms with Crippen LogP contribution in [0.5, 0.6) is 0 Å². The fraction of sp³-hybridized carbons (Fsp3) is 0.923. The molecular weight excluding hydrogens is 216 g/mol. The number of nitrogens with one attached hydrogen (secondary N) is 1. The van der Waals surface area contributed by atoms with Gasteiger partial charge >= 0.3 is 0 Å². The molecule has 0 radical (unpaired) electrons. The van der Waals surface area contributed by atoms with Crippen LogP contribution in [0.2, 0.25) is 0 Å². The highest BCUT2D eigenvalue weighted by molar-refractivity contribution is 5.81. The number of hydrogen-bond donors (Lipinski definition) is 2. The lowest BCUT2D eigenvalue weighted by Crippen LogP contribution is -2.43. The second kappa shape index (κ2) is 5.83. The van der Waals surface area contributed by atoms with Crippen molar-refractivity contribution >= 4 is 5.91 Å². The van der Waals surface area contributed by atoms with E-state index in [9.17, 15) is 4.79 Å². The van der Waals surface area contributed by atoms with Crippen LogP contribution in [0, 0.1) is 5.92 Å². The summed E-state index contributed by atoms with van der Waals surface area (Å²) in [6, 6.07) is 0.360. The summed E-state index contributed by atoms with van der Waals surface area (Å²) in [4.78, 5) is 12.0. The summed E-state index contributed by atoms with van der Waals surface area (Å²) in [5, 5.41) is 3.12. The van der Waals surface area contributed by atoms with Gasteiger partial charge in [-0.15, -0.1) is 0 Å². The summed E-state index contributed by atoms with van der Waals surface area (Å²) in [7, 11) is 0. The van der Waals surface area contributed by atoms with E-state index in [2.05, 4.69) is 12.2 Å². The Morgan fingerprint density at radius 3 is 2.53 bits per heavy atom. The van der Waals surface area contributed by atoms with E-state index in [0.717, 1.165) is 31.6 Å². The Labute approximate surface area is 103 Å². The number of rotatable bonds is 3. The number of carbonyl (C=O) groups is 1. The van der Waals surface area contributed by atoms with Gasteiger partial charge in [0.2, 0.25) is 5.91 Å². The zero-order valence-corrected chi connectivity index (χ0v) is 10.7. The van der Waals surface area contributed by atoms with Crippen molar-refractivity contribution in [2.75, 3.05) is 6.54 Å². The Kier molecular flexibility index (Phi) is 4.40. The second-order valence-corrected chi connectivity index (χ2v) is 5.53. The van der Waals surface area contributed by atoms with E-state index in [0.29, 0.717) is 12.6 Å². The Morgan fingerprint density at radius 1 is 1.24 bits per heavy atom. The Bertz CT molecular complexity index is 262. The largest absolute Gasteiger partial charge is 0.364 e. The topological polar surface area (TPSA) is 64.4 Å². The van der Waals surface area contributed by atoms with Crippen LogP contribution in [0.3, 0.4) is 0 Å². The molecule has 0 aromatic carbocycles.